The minimum Gasteiger partial charge on any atom is -0.352 e. The lowest BCUT2D eigenvalue weighted by molar-refractivity contribution is -0.128. The van der Waals surface area contributed by atoms with Crippen molar-refractivity contribution in [3.8, 4) is 0 Å². The molecule has 0 saturated heterocycles. The summed E-state index contributed by atoms with van der Waals surface area (Å²) in [4.78, 5) is 11.6. The van der Waals surface area contributed by atoms with Gasteiger partial charge >= 0.3 is 0 Å². The van der Waals surface area contributed by atoms with Crippen molar-refractivity contribution < 1.29 is 4.79 Å². The molecule has 2 rings (SSSR count). The predicted octanol–water partition coefficient (Wildman–Crippen LogP) is 1.19. The number of nitrogens with zero attached hydrogens (tertiary/aromatic N) is 2. The normalized spacial score (nSPS) is 18.2. The maximum atomic E-state index is 11.6. The van der Waals surface area contributed by atoms with E-state index in [0.29, 0.717) is 0 Å². The van der Waals surface area contributed by atoms with Crippen LogP contribution < -0.4 is 5.32 Å². The summed E-state index contributed by atoms with van der Waals surface area (Å²) in [5, 5.41) is 7.13. The molecule has 4 nitrogen and oxygen atoms in total. The van der Waals surface area contributed by atoms with Crippen LogP contribution >= 0.6 is 0 Å². The van der Waals surface area contributed by atoms with Crippen molar-refractivity contribution in [1.82, 2.24) is 15.1 Å². The number of carbonyl (C=O) groups excluding carboxylic acids is 1. The summed E-state index contributed by atoms with van der Waals surface area (Å²) < 4.78 is 1.84. The molecule has 1 amide bonds. The van der Waals surface area contributed by atoms with E-state index in [4.69, 9.17) is 0 Å². The number of rotatable bonds is 4. The topological polar surface area (TPSA) is 46.9 Å². The first-order chi connectivity index (χ1) is 7.25. The molecule has 0 radical (unpaired) electrons. The fraction of sp³-hybridized carbons (Fsp3) is 0.636. The standard InChI is InChI=1S/C11H17N3O/c1-9(8-14-7-3-6-12-14)13-11(15)10-4-2-5-10/h3,6-7,9-10H,2,4-5,8H2,1H3,(H,13,15). The molecule has 1 saturated carbocycles. The van der Waals surface area contributed by atoms with Crippen LogP contribution in [0.5, 0.6) is 0 Å². The fourth-order valence-corrected chi connectivity index (χ4v) is 1.77. The number of hydrogen-bond donors (Lipinski definition) is 1. The highest BCUT2D eigenvalue weighted by molar-refractivity contribution is 5.79. The van der Waals surface area contributed by atoms with Crippen molar-refractivity contribution in [1.29, 1.82) is 0 Å². The average Bonchev–Trinajstić information content (AvgIpc) is 2.52. The molecule has 1 aliphatic rings. The highest BCUT2D eigenvalue weighted by Gasteiger charge is 2.25. The molecular weight excluding hydrogens is 190 g/mol. The summed E-state index contributed by atoms with van der Waals surface area (Å²) in [6.45, 7) is 2.75. The van der Waals surface area contributed by atoms with Crippen molar-refractivity contribution >= 4 is 5.91 Å². The molecule has 1 aromatic heterocycles. The Hall–Kier alpha value is -1.32. The third-order valence-corrected chi connectivity index (χ3v) is 2.88. The summed E-state index contributed by atoms with van der Waals surface area (Å²) in [6, 6.07) is 2.04. The number of carbonyl (C=O) groups is 1. The lowest BCUT2D eigenvalue weighted by Gasteiger charge is -2.26. The second-order valence-electron chi connectivity index (χ2n) is 4.27. The Balaban J connectivity index is 1.76. The van der Waals surface area contributed by atoms with Gasteiger partial charge in [0.05, 0.1) is 6.54 Å². The SMILES string of the molecule is CC(Cn1cccn1)NC(=O)C1CCC1. The van der Waals surface area contributed by atoms with E-state index in [2.05, 4.69) is 10.4 Å². The van der Waals surface area contributed by atoms with Crippen LogP contribution in [-0.2, 0) is 11.3 Å². The van der Waals surface area contributed by atoms with Gasteiger partial charge in [-0.3, -0.25) is 9.48 Å². The van der Waals surface area contributed by atoms with E-state index >= 15 is 0 Å². The van der Waals surface area contributed by atoms with Crippen molar-refractivity contribution in [2.24, 2.45) is 5.92 Å². The van der Waals surface area contributed by atoms with E-state index in [1.807, 2.05) is 23.9 Å². The number of aromatic nitrogens is 2. The first-order valence-corrected chi connectivity index (χ1v) is 5.53. The monoisotopic (exact) mass is 207 g/mol. The zero-order valence-corrected chi connectivity index (χ0v) is 9.02. The van der Waals surface area contributed by atoms with Gasteiger partial charge in [-0.1, -0.05) is 6.42 Å². The van der Waals surface area contributed by atoms with Gasteiger partial charge in [0.1, 0.15) is 0 Å². The quantitative estimate of drug-likeness (QED) is 0.806. The van der Waals surface area contributed by atoms with Gasteiger partial charge in [-0.15, -0.1) is 0 Å². The summed E-state index contributed by atoms with van der Waals surface area (Å²) >= 11 is 0. The highest BCUT2D eigenvalue weighted by atomic mass is 16.2. The van der Waals surface area contributed by atoms with E-state index in [1.54, 1.807) is 6.20 Å². The molecule has 1 heterocycles. The van der Waals surface area contributed by atoms with Gasteiger partial charge in [0.15, 0.2) is 0 Å². The number of nitrogens with one attached hydrogen (secondary N) is 1. The van der Waals surface area contributed by atoms with Crippen LogP contribution in [0.25, 0.3) is 0 Å². The average molecular weight is 207 g/mol. The van der Waals surface area contributed by atoms with Crippen LogP contribution in [0.1, 0.15) is 26.2 Å². The Morgan fingerprint density at radius 3 is 3.00 bits per heavy atom. The van der Waals surface area contributed by atoms with Gasteiger partial charge in [0, 0.05) is 24.4 Å². The molecule has 0 bridgehead atoms. The van der Waals surface area contributed by atoms with E-state index in [9.17, 15) is 4.79 Å². The molecule has 0 spiro atoms. The van der Waals surface area contributed by atoms with Crippen LogP contribution in [0.3, 0.4) is 0 Å². The molecule has 0 aromatic carbocycles. The first-order valence-electron chi connectivity index (χ1n) is 5.53. The molecule has 0 aliphatic heterocycles. The second kappa shape index (κ2) is 4.47. The van der Waals surface area contributed by atoms with Crippen molar-refractivity contribution in [2.45, 2.75) is 38.8 Å². The molecule has 1 fully saturated rings. The van der Waals surface area contributed by atoms with Gasteiger partial charge in [-0.25, -0.2) is 0 Å². The van der Waals surface area contributed by atoms with Gasteiger partial charge in [-0.05, 0) is 25.8 Å². The van der Waals surface area contributed by atoms with Gasteiger partial charge in [-0.2, -0.15) is 5.10 Å². The van der Waals surface area contributed by atoms with Crippen LogP contribution in [0, 0.1) is 5.92 Å². The minimum absolute atomic E-state index is 0.151. The minimum atomic E-state index is 0.151. The predicted molar refractivity (Wildman–Crippen MR) is 57.2 cm³/mol. The van der Waals surface area contributed by atoms with Crippen molar-refractivity contribution in [2.75, 3.05) is 0 Å². The molecule has 15 heavy (non-hydrogen) atoms. The lowest BCUT2D eigenvalue weighted by Crippen LogP contribution is -2.41. The first kappa shape index (κ1) is 10.2. The number of hydrogen-bond acceptors (Lipinski definition) is 2. The fourth-order valence-electron chi connectivity index (χ4n) is 1.77. The van der Waals surface area contributed by atoms with E-state index in [-0.39, 0.29) is 17.9 Å². The van der Waals surface area contributed by atoms with E-state index in [0.717, 1.165) is 19.4 Å². The Bertz CT molecular complexity index is 317. The van der Waals surface area contributed by atoms with Crippen LogP contribution in [0.2, 0.25) is 0 Å². The molecule has 1 unspecified atom stereocenters. The van der Waals surface area contributed by atoms with Crippen LogP contribution in [0.4, 0.5) is 0 Å². The van der Waals surface area contributed by atoms with Gasteiger partial charge in [0.25, 0.3) is 0 Å². The highest BCUT2D eigenvalue weighted by Crippen LogP contribution is 2.26. The Labute approximate surface area is 89.7 Å². The summed E-state index contributed by atoms with van der Waals surface area (Å²) in [7, 11) is 0. The smallest absolute Gasteiger partial charge is 0.223 e. The third kappa shape index (κ3) is 2.58. The van der Waals surface area contributed by atoms with Gasteiger partial charge in [0.2, 0.25) is 5.91 Å². The van der Waals surface area contributed by atoms with E-state index < -0.39 is 0 Å². The zero-order chi connectivity index (χ0) is 10.7. The summed E-state index contributed by atoms with van der Waals surface area (Å²) in [5.74, 6) is 0.478. The van der Waals surface area contributed by atoms with Crippen molar-refractivity contribution in [3.05, 3.63) is 18.5 Å². The molecule has 1 atom stereocenters. The largest absolute Gasteiger partial charge is 0.352 e. The Kier molecular flexibility index (Phi) is 3.04. The summed E-state index contributed by atoms with van der Waals surface area (Å²) in [5.41, 5.74) is 0. The maximum Gasteiger partial charge on any atom is 0.223 e. The lowest BCUT2D eigenvalue weighted by atomic mass is 9.84. The van der Waals surface area contributed by atoms with E-state index in [1.165, 1.54) is 6.42 Å². The van der Waals surface area contributed by atoms with Crippen LogP contribution in [0.15, 0.2) is 18.5 Å². The Morgan fingerprint density at radius 2 is 2.47 bits per heavy atom. The van der Waals surface area contributed by atoms with Crippen molar-refractivity contribution in [3.63, 3.8) is 0 Å². The molecular formula is C11H17N3O. The van der Waals surface area contributed by atoms with Gasteiger partial charge < -0.3 is 5.32 Å². The molecule has 1 aliphatic carbocycles. The van der Waals surface area contributed by atoms with Crippen LogP contribution in [-0.4, -0.2) is 21.7 Å². The molecule has 1 N–H and O–H groups in total. The molecule has 4 heteroatoms. The Morgan fingerprint density at radius 1 is 1.67 bits per heavy atom. The molecule has 1 aromatic rings. The number of amides is 1. The third-order valence-electron chi connectivity index (χ3n) is 2.88. The summed E-state index contributed by atoms with van der Waals surface area (Å²) in [6.07, 6.45) is 6.97. The zero-order valence-electron chi connectivity index (χ0n) is 9.02. The maximum absolute atomic E-state index is 11.6. The molecule has 82 valence electrons. The second-order valence-corrected chi connectivity index (χ2v) is 4.27.